The third kappa shape index (κ3) is 5.33. The van der Waals surface area contributed by atoms with Crippen LogP contribution in [0.4, 0.5) is 5.69 Å². The van der Waals surface area contributed by atoms with Crippen molar-refractivity contribution in [2.45, 2.75) is 27.7 Å². The summed E-state index contributed by atoms with van der Waals surface area (Å²) in [7, 11) is 0. The van der Waals surface area contributed by atoms with Crippen molar-refractivity contribution < 1.29 is 10.2 Å². The molecule has 0 aliphatic carbocycles. The lowest BCUT2D eigenvalue weighted by atomic mass is 10.1. The van der Waals surface area contributed by atoms with Gasteiger partial charge in [-0.2, -0.15) is 0 Å². The molecule has 6 nitrogen and oxygen atoms in total. The van der Waals surface area contributed by atoms with E-state index in [2.05, 4.69) is 110 Å². The normalized spacial score (nSPS) is 12.0. The number of phenolic OH excluding ortho intramolecular Hbond substituents is 2. The number of aryl methyl sites for hydroxylation is 4. The Kier molecular flexibility index (Phi) is 7.58. The van der Waals surface area contributed by atoms with Gasteiger partial charge in [0.2, 0.25) is 0 Å². The smallest absolute Gasteiger partial charge is 0.127 e. The summed E-state index contributed by atoms with van der Waals surface area (Å²) >= 11 is 0. The van der Waals surface area contributed by atoms with Crippen molar-refractivity contribution in [2.24, 2.45) is 4.99 Å². The number of nitrogens with zero attached hydrogens (tertiary/aromatic N) is 4. The van der Waals surface area contributed by atoms with Crippen molar-refractivity contribution in [1.29, 1.82) is 0 Å². The Balaban J connectivity index is 1.03. The number of rotatable bonds is 5. The minimum atomic E-state index is 0.139. The lowest BCUT2D eigenvalue weighted by Crippen LogP contribution is -1.96. The van der Waals surface area contributed by atoms with Crippen molar-refractivity contribution in [3.63, 3.8) is 0 Å². The summed E-state index contributed by atoms with van der Waals surface area (Å²) in [4.78, 5) is 9.78. The first-order valence-corrected chi connectivity index (χ1v) is 18.8. The predicted octanol–water partition coefficient (Wildman–Crippen LogP) is 12.5. The number of fused-ring (bicyclic) bond motifs is 7. The highest BCUT2D eigenvalue weighted by atomic mass is 16.3. The summed E-state index contributed by atoms with van der Waals surface area (Å²) in [6.07, 6.45) is 1.71. The SMILES string of the molecule is Cc1ccc2c(c1)c1cc(C)ccc1n2-c1ccc(-c2cccc(C=Nc3cccc4c(-n5c6ccc(C)cc6c6cc(C)ccc65)ccc(O)c34)n2)c(O)c1. The van der Waals surface area contributed by atoms with Crippen LogP contribution in [0.5, 0.6) is 11.5 Å². The minimum absolute atomic E-state index is 0.139. The van der Waals surface area contributed by atoms with E-state index < -0.39 is 0 Å². The number of aromatic hydroxyl groups is 2. The van der Waals surface area contributed by atoms with E-state index in [4.69, 9.17) is 9.98 Å². The average Bonchev–Trinajstić information content (AvgIpc) is 3.68. The highest BCUT2D eigenvalue weighted by molar-refractivity contribution is 6.13. The molecule has 0 radical (unpaired) electrons. The highest BCUT2D eigenvalue weighted by Crippen LogP contribution is 2.41. The molecule has 0 atom stereocenters. The molecule has 0 fully saturated rings. The van der Waals surface area contributed by atoms with Gasteiger partial charge in [-0.15, -0.1) is 0 Å². The van der Waals surface area contributed by atoms with E-state index in [1.54, 1.807) is 12.3 Å². The number of aromatic nitrogens is 3. The average molecular weight is 727 g/mol. The number of hydrogen-bond acceptors (Lipinski definition) is 4. The molecule has 0 aliphatic rings. The van der Waals surface area contributed by atoms with E-state index in [0.29, 0.717) is 28.0 Å². The Morgan fingerprint density at radius 3 is 1.62 bits per heavy atom. The summed E-state index contributed by atoms with van der Waals surface area (Å²) in [6, 6.07) is 47.3. The number of pyridine rings is 1. The van der Waals surface area contributed by atoms with Gasteiger partial charge in [0.25, 0.3) is 0 Å². The Morgan fingerprint density at radius 1 is 0.500 bits per heavy atom. The molecule has 10 rings (SSSR count). The Labute approximate surface area is 323 Å². The van der Waals surface area contributed by atoms with Crippen LogP contribution < -0.4 is 0 Å². The fourth-order valence-electron chi connectivity index (χ4n) is 8.38. The molecule has 0 aliphatic heterocycles. The fourth-order valence-corrected chi connectivity index (χ4v) is 8.38. The van der Waals surface area contributed by atoms with Crippen molar-refractivity contribution in [3.05, 3.63) is 167 Å². The van der Waals surface area contributed by atoms with Crippen molar-refractivity contribution in [3.8, 4) is 34.1 Å². The Hall–Kier alpha value is -7.18. The Morgan fingerprint density at radius 2 is 1.05 bits per heavy atom. The van der Waals surface area contributed by atoms with Crippen LogP contribution >= 0.6 is 0 Å². The van der Waals surface area contributed by atoms with E-state index in [9.17, 15) is 10.2 Å². The molecular formula is C50H38N4O2. The van der Waals surface area contributed by atoms with Gasteiger partial charge in [-0.3, -0.25) is 4.99 Å². The van der Waals surface area contributed by atoms with Crippen LogP contribution in [0, 0.1) is 27.7 Å². The molecule has 0 spiro atoms. The van der Waals surface area contributed by atoms with Crippen LogP contribution in [0.15, 0.2) is 145 Å². The maximum atomic E-state index is 11.5. The molecule has 0 saturated heterocycles. The molecule has 0 saturated carbocycles. The first-order valence-electron chi connectivity index (χ1n) is 18.8. The molecule has 10 aromatic rings. The van der Waals surface area contributed by atoms with Crippen LogP contribution in [0.1, 0.15) is 27.9 Å². The molecule has 3 heterocycles. The second kappa shape index (κ2) is 12.7. The second-order valence-electron chi connectivity index (χ2n) is 15.0. The molecule has 0 unspecified atom stereocenters. The zero-order valence-corrected chi connectivity index (χ0v) is 31.5. The summed E-state index contributed by atoms with van der Waals surface area (Å²) < 4.78 is 4.49. The second-order valence-corrected chi connectivity index (χ2v) is 15.0. The van der Waals surface area contributed by atoms with Crippen LogP contribution in [0.2, 0.25) is 0 Å². The van der Waals surface area contributed by atoms with Crippen molar-refractivity contribution in [1.82, 2.24) is 14.1 Å². The molecule has 270 valence electrons. The summed E-state index contributed by atoms with van der Waals surface area (Å²) in [5, 5.41) is 29.1. The van der Waals surface area contributed by atoms with E-state index in [1.807, 2.05) is 60.7 Å². The van der Waals surface area contributed by atoms with Gasteiger partial charge in [0, 0.05) is 44.2 Å². The maximum Gasteiger partial charge on any atom is 0.127 e. The minimum Gasteiger partial charge on any atom is -0.507 e. The molecule has 6 heteroatoms. The van der Waals surface area contributed by atoms with Gasteiger partial charge < -0.3 is 19.3 Å². The van der Waals surface area contributed by atoms with E-state index in [-0.39, 0.29) is 11.5 Å². The van der Waals surface area contributed by atoms with Gasteiger partial charge >= 0.3 is 0 Å². The molecular weight excluding hydrogens is 689 g/mol. The third-order valence-corrected chi connectivity index (χ3v) is 11.0. The zero-order valence-electron chi connectivity index (χ0n) is 31.5. The topological polar surface area (TPSA) is 75.6 Å². The standard InChI is InChI=1S/C50H38N4O2/c1-29-11-17-44-37(23-29)38-24-30(2)12-18-45(38)53(44)34-15-16-35(49(56)27-34)41-9-5-7-33(52-41)28-51-42-10-6-8-36-43(21-22-48(55)50(36)42)54-46-19-13-31(3)25-39(46)40-26-32(4)14-20-47(40)54/h5-28,55-56H,1-4H3. The quantitative estimate of drug-likeness (QED) is 0.173. The summed E-state index contributed by atoms with van der Waals surface area (Å²) in [5.74, 6) is 0.296. The third-order valence-electron chi connectivity index (χ3n) is 11.0. The van der Waals surface area contributed by atoms with Crippen LogP contribution in [0.25, 0.3) is 77.0 Å². The van der Waals surface area contributed by atoms with Crippen LogP contribution in [-0.4, -0.2) is 30.5 Å². The van der Waals surface area contributed by atoms with Gasteiger partial charge in [0.1, 0.15) is 11.5 Å². The zero-order chi connectivity index (χ0) is 38.2. The van der Waals surface area contributed by atoms with Crippen LogP contribution in [-0.2, 0) is 0 Å². The number of benzene rings is 7. The van der Waals surface area contributed by atoms with Gasteiger partial charge in [-0.25, -0.2) is 4.98 Å². The van der Waals surface area contributed by atoms with Crippen LogP contribution in [0.3, 0.4) is 0 Å². The van der Waals surface area contributed by atoms with Crippen molar-refractivity contribution in [2.75, 3.05) is 0 Å². The largest absolute Gasteiger partial charge is 0.507 e. The molecule has 56 heavy (non-hydrogen) atoms. The molecule has 2 N–H and O–H groups in total. The first-order chi connectivity index (χ1) is 27.2. The molecule has 0 bridgehead atoms. The van der Waals surface area contributed by atoms with Gasteiger partial charge in [-0.05, 0) is 119 Å². The lowest BCUT2D eigenvalue weighted by Gasteiger charge is -2.14. The highest BCUT2D eigenvalue weighted by Gasteiger charge is 2.18. The maximum absolute atomic E-state index is 11.5. The lowest BCUT2D eigenvalue weighted by molar-refractivity contribution is 0.477. The molecule has 7 aromatic carbocycles. The van der Waals surface area contributed by atoms with E-state index >= 15 is 0 Å². The van der Waals surface area contributed by atoms with Gasteiger partial charge in [0.05, 0.1) is 56.4 Å². The summed E-state index contributed by atoms with van der Waals surface area (Å²) in [6.45, 7) is 8.47. The van der Waals surface area contributed by atoms with E-state index in [0.717, 1.165) is 38.8 Å². The summed E-state index contributed by atoms with van der Waals surface area (Å²) in [5.41, 5.74) is 13.6. The number of hydrogen-bond donors (Lipinski definition) is 2. The molecule has 0 amide bonds. The number of phenols is 2. The predicted molar refractivity (Wildman–Crippen MR) is 232 cm³/mol. The van der Waals surface area contributed by atoms with E-state index in [1.165, 1.54) is 43.8 Å². The molecule has 3 aromatic heterocycles. The monoisotopic (exact) mass is 726 g/mol. The van der Waals surface area contributed by atoms with Crippen molar-refractivity contribution >= 4 is 66.3 Å². The van der Waals surface area contributed by atoms with Gasteiger partial charge in [-0.1, -0.05) is 64.7 Å². The number of aliphatic imine (C=N–C) groups is 1. The fraction of sp³-hybridized carbons (Fsp3) is 0.0800. The first kappa shape index (κ1) is 33.4. The van der Waals surface area contributed by atoms with Gasteiger partial charge in [0.15, 0.2) is 0 Å². The Bertz CT molecular complexity index is 3160.